The molecule has 186 valence electrons. The predicted octanol–water partition coefficient (Wildman–Crippen LogP) is 7.53. The molecular formula is C27H38F2N4O. The maximum Gasteiger partial charge on any atom is 0.264 e. The first kappa shape index (κ1) is 28.9. The standard InChI is InChI=1S/C21H20F2N4O.3C2H6/c1-13(2)21(28)27-11-26(12-27)20-16-9-5-6-10-17(16)24-19(25-20)15-8-4-3-7-14(15)18(22)23;3*1-2/h3-10,13,18H,11-12H2,1-2H3;3*1-2H3. The molecule has 0 radical (unpaired) electrons. The lowest BCUT2D eigenvalue weighted by atomic mass is 10.1. The lowest BCUT2D eigenvalue weighted by Crippen LogP contribution is -2.59. The molecule has 1 fully saturated rings. The van der Waals surface area contributed by atoms with E-state index >= 15 is 0 Å². The fourth-order valence-corrected chi connectivity index (χ4v) is 3.32. The number of rotatable bonds is 4. The topological polar surface area (TPSA) is 49.3 Å². The molecule has 0 atom stereocenters. The van der Waals surface area contributed by atoms with Gasteiger partial charge in [0.2, 0.25) is 5.91 Å². The van der Waals surface area contributed by atoms with Gasteiger partial charge in [-0.3, -0.25) is 4.79 Å². The van der Waals surface area contributed by atoms with Crippen molar-refractivity contribution in [1.82, 2.24) is 14.9 Å². The van der Waals surface area contributed by atoms with Crippen molar-refractivity contribution in [1.29, 1.82) is 0 Å². The molecule has 34 heavy (non-hydrogen) atoms. The fraction of sp³-hybridized carbons (Fsp3) is 0.444. The average molecular weight is 473 g/mol. The molecule has 0 unspecified atom stereocenters. The molecule has 0 bridgehead atoms. The molecule has 1 saturated heterocycles. The molecule has 4 rings (SSSR count). The van der Waals surface area contributed by atoms with Crippen LogP contribution in [0.1, 0.15) is 67.4 Å². The maximum atomic E-state index is 13.5. The summed E-state index contributed by atoms with van der Waals surface area (Å²) in [4.78, 5) is 25.0. The van der Waals surface area contributed by atoms with Gasteiger partial charge in [-0.05, 0) is 12.1 Å². The van der Waals surface area contributed by atoms with Crippen molar-refractivity contribution in [2.45, 2.75) is 61.8 Å². The molecule has 0 spiro atoms. The van der Waals surface area contributed by atoms with E-state index in [1.165, 1.54) is 6.07 Å². The van der Waals surface area contributed by atoms with Gasteiger partial charge in [-0.1, -0.05) is 91.8 Å². The van der Waals surface area contributed by atoms with Crippen LogP contribution in [-0.4, -0.2) is 34.1 Å². The SMILES string of the molecule is CC.CC.CC.CC(C)C(=O)N1CN(c2nc(-c3ccccc3C(F)F)nc3ccccc23)C1. The predicted molar refractivity (Wildman–Crippen MR) is 138 cm³/mol. The first-order chi connectivity index (χ1) is 16.5. The minimum Gasteiger partial charge on any atom is -0.320 e. The van der Waals surface area contributed by atoms with Crippen LogP contribution in [0.3, 0.4) is 0 Å². The summed E-state index contributed by atoms with van der Waals surface area (Å²) >= 11 is 0. The van der Waals surface area contributed by atoms with Crippen molar-refractivity contribution in [3.8, 4) is 11.4 Å². The third-order valence-corrected chi connectivity index (χ3v) is 4.81. The number of alkyl halides is 2. The van der Waals surface area contributed by atoms with E-state index in [0.29, 0.717) is 30.2 Å². The zero-order valence-electron chi connectivity index (χ0n) is 21.6. The Hall–Kier alpha value is -3.09. The van der Waals surface area contributed by atoms with E-state index in [-0.39, 0.29) is 23.2 Å². The molecular weight excluding hydrogens is 434 g/mol. The summed E-state index contributed by atoms with van der Waals surface area (Å²) in [5.41, 5.74) is 0.907. The number of fused-ring (bicyclic) bond motifs is 1. The number of hydrogen-bond donors (Lipinski definition) is 0. The molecule has 1 aliphatic heterocycles. The molecule has 0 saturated carbocycles. The zero-order chi connectivity index (χ0) is 25.8. The Bertz CT molecular complexity index is 1030. The Morgan fingerprint density at radius 1 is 0.853 bits per heavy atom. The summed E-state index contributed by atoms with van der Waals surface area (Å²) in [7, 11) is 0. The van der Waals surface area contributed by atoms with Gasteiger partial charge in [-0.25, -0.2) is 18.7 Å². The van der Waals surface area contributed by atoms with Crippen LogP contribution in [0.15, 0.2) is 48.5 Å². The van der Waals surface area contributed by atoms with Crippen molar-refractivity contribution in [3.63, 3.8) is 0 Å². The van der Waals surface area contributed by atoms with E-state index in [0.717, 1.165) is 5.39 Å². The third-order valence-electron chi connectivity index (χ3n) is 4.81. The van der Waals surface area contributed by atoms with E-state index in [1.807, 2.05) is 84.6 Å². The van der Waals surface area contributed by atoms with Crippen LogP contribution in [0.5, 0.6) is 0 Å². The smallest absolute Gasteiger partial charge is 0.264 e. The van der Waals surface area contributed by atoms with Gasteiger partial charge in [0.05, 0.1) is 18.9 Å². The van der Waals surface area contributed by atoms with Gasteiger partial charge in [0.25, 0.3) is 6.43 Å². The number of carbonyl (C=O) groups excluding carboxylic acids is 1. The molecule has 2 heterocycles. The van der Waals surface area contributed by atoms with Gasteiger partial charge < -0.3 is 9.80 Å². The summed E-state index contributed by atoms with van der Waals surface area (Å²) in [5.74, 6) is 0.923. The Balaban J connectivity index is 0.000000894. The van der Waals surface area contributed by atoms with Gasteiger partial charge >= 0.3 is 0 Å². The van der Waals surface area contributed by atoms with Crippen molar-refractivity contribution in [3.05, 3.63) is 54.1 Å². The second kappa shape index (κ2) is 14.2. The summed E-state index contributed by atoms with van der Waals surface area (Å²) in [6, 6.07) is 13.8. The summed E-state index contributed by atoms with van der Waals surface area (Å²) in [6.45, 7) is 16.6. The first-order valence-electron chi connectivity index (χ1n) is 12.1. The van der Waals surface area contributed by atoms with E-state index in [2.05, 4.69) is 9.97 Å². The quantitative estimate of drug-likeness (QED) is 0.394. The van der Waals surface area contributed by atoms with Crippen molar-refractivity contribution in [2.24, 2.45) is 5.92 Å². The molecule has 5 nitrogen and oxygen atoms in total. The monoisotopic (exact) mass is 472 g/mol. The van der Waals surface area contributed by atoms with E-state index in [4.69, 9.17) is 0 Å². The number of carbonyl (C=O) groups is 1. The largest absolute Gasteiger partial charge is 0.320 e. The Morgan fingerprint density at radius 3 is 2.00 bits per heavy atom. The Morgan fingerprint density at radius 2 is 1.41 bits per heavy atom. The number of benzene rings is 2. The molecule has 0 N–H and O–H groups in total. The number of aromatic nitrogens is 2. The number of hydrogen-bond acceptors (Lipinski definition) is 4. The summed E-state index contributed by atoms with van der Waals surface area (Å²) < 4.78 is 26.9. The summed E-state index contributed by atoms with van der Waals surface area (Å²) in [6.07, 6.45) is -2.61. The second-order valence-corrected chi connectivity index (χ2v) is 7.13. The molecule has 1 aromatic heterocycles. The number of amides is 1. The van der Waals surface area contributed by atoms with Crippen LogP contribution in [0.4, 0.5) is 14.6 Å². The lowest BCUT2D eigenvalue weighted by Gasteiger charge is -2.44. The van der Waals surface area contributed by atoms with E-state index in [9.17, 15) is 13.6 Å². The van der Waals surface area contributed by atoms with Gasteiger partial charge in [-0.15, -0.1) is 0 Å². The molecule has 1 aliphatic rings. The fourth-order valence-electron chi connectivity index (χ4n) is 3.32. The van der Waals surface area contributed by atoms with Crippen LogP contribution in [0.25, 0.3) is 22.3 Å². The van der Waals surface area contributed by atoms with Crippen molar-refractivity contribution < 1.29 is 13.6 Å². The number of halogens is 2. The Kier molecular flexibility index (Phi) is 12.1. The first-order valence-corrected chi connectivity index (χ1v) is 12.1. The normalized spacial score (nSPS) is 12.1. The highest BCUT2D eigenvalue weighted by Crippen LogP contribution is 2.34. The minimum absolute atomic E-state index is 0.0715. The number of anilines is 1. The van der Waals surface area contributed by atoms with Gasteiger partial charge in [-0.2, -0.15) is 0 Å². The third kappa shape index (κ3) is 6.49. The number of nitrogens with zero attached hydrogens (tertiary/aromatic N) is 4. The lowest BCUT2D eigenvalue weighted by molar-refractivity contribution is -0.137. The van der Waals surface area contributed by atoms with Crippen LogP contribution < -0.4 is 4.90 Å². The minimum atomic E-state index is -2.61. The maximum absolute atomic E-state index is 13.5. The van der Waals surface area contributed by atoms with Gasteiger partial charge in [0, 0.05) is 22.4 Å². The molecule has 7 heteroatoms. The van der Waals surface area contributed by atoms with Crippen molar-refractivity contribution in [2.75, 3.05) is 18.2 Å². The summed E-state index contributed by atoms with van der Waals surface area (Å²) in [5, 5.41) is 0.831. The van der Waals surface area contributed by atoms with Gasteiger partial charge in [0.1, 0.15) is 5.82 Å². The Labute approximate surface area is 202 Å². The molecule has 0 aliphatic carbocycles. The van der Waals surface area contributed by atoms with Crippen LogP contribution in [-0.2, 0) is 4.79 Å². The molecule has 2 aromatic carbocycles. The second-order valence-electron chi connectivity index (χ2n) is 7.13. The van der Waals surface area contributed by atoms with Crippen molar-refractivity contribution >= 4 is 22.6 Å². The van der Waals surface area contributed by atoms with E-state index in [1.54, 1.807) is 23.1 Å². The highest BCUT2D eigenvalue weighted by Gasteiger charge is 2.32. The highest BCUT2D eigenvalue weighted by atomic mass is 19.3. The van der Waals surface area contributed by atoms with Crippen LogP contribution >= 0.6 is 0 Å². The zero-order valence-corrected chi connectivity index (χ0v) is 21.6. The van der Waals surface area contributed by atoms with Crippen LogP contribution in [0.2, 0.25) is 0 Å². The highest BCUT2D eigenvalue weighted by molar-refractivity contribution is 5.92. The van der Waals surface area contributed by atoms with Crippen LogP contribution in [0, 0.1) is 5.92 Å². The molecule has 3 aromatic rings. The van der Waals surface area contributed by atoms with Gasteiger partial charge in [0.15, 0.2) is 5.82 Å². The number of para-hydroxylation sites is 1. The molecule has 1 amide bonds. The average Bonchev–Trinajstić information content (AvgIpc) is 2.86. The van der Waals surface area contributed by atoms with E-state index < -0.39 is 6.43 Å².